The Kier molecular flexibility index (Phi) is 3.53. The summed E-state index contributed by atoms with van der Waals surface area (Å²) in [6.07, 6.45) is 1.98. The molecular formula is C11H13N3O2S. The summed E-state index contributed by atoms with van der Waals surface area (Å²) >= 11 is 1.64. The average Bonchev–Trinajstić information content (AvgIpc) is 2.78. The fourth-order valence-electron chi connectivity index (χ4n) is 1.41. The number of hydrogen-bond acceptors (Lipinski definition) is 6. The molecule has 0 unspecified atom stereocenters. The molecule has 1 heterocycles. The van der Waals surface area contributed by atoms with Gasteiger partial charge >= 0.3 is 0 Å². The number of ether oxygens (including phenoxy) is 1. The first-order valence-corrected chi connectivity index (χ1v) is 6.39. The third kappa shape index (κ3) is 2.52. The van der Waals surface area contributed by atoms with Crippen LogP contribution in [0, 0.1) is 0 Å². The van der Waals surface area contributed by atoms with Crippen molar-refractivity contribution in [3.05, 3.63) is 24.0 Å². The number of anilines is 1. The molecule has 6 heteroatoms. The summed E-state index contributed by atoms with van der Waals surface area (Å²) in [4.78, 5) is 4.27. The van der Waals surface area contributed by atoms with Gasteiger partial charge in [-0.2, -0.15) is 16.7 Å². The van der Waals surface area contributed by atoms with Gasteiger partial charge in [0.25, 0.3) is 5.89 Å². The molecule has 0 radical (unpaired) electrons. The highest BCUT2D eigenvalue weighted by Gasteiger charge is 2.11. The van der Waals surface area contributed by atoms with Crippen LogP contribution in [-0.4, -0.2) is 23.5 Å². The van der Waals surface area contributed by atoms with Gasteiger partial charge in [-0.3, -0.25) is 0 Å². The summed E-state index contributed by atoms with van der Waals surface area (Å²) < 4.78 is 10.2. The molecule has 0 amide bonds. The Balaban J connectivity index is 2.32. The van der Waals surface area contributed by atoms with Crippen molar-refractivity contribution in [2.45, 2.75) is 5.75 Å². The van der Waals surface area contributed by atoms with Crippen LogP contribution in [0.2, 0.25) is 0 Å². The minimum absolute atomic E-state index is 0.439. The van der Waals surface area contributed by atoms with Crippen LogP contribution < -0.4 is 10.5 Å². The molecule has 17 heavy (non-hydrogen) atoms. The number of hydrogen-bond donors (Lipinski definition) is 1. The van der Waals surface area contributed by atoms with Gasteiger partial charge in [-0.1, -0.05) is 5.16 Å². The van der Waals surface area contributed by atoms with Gasteiger partial charge in [-0.25, -0.2) is 0 Å². The van der Waals surface area contributed by atoms with Crippen LogP contribution in [0.5, 0.6) is 5.75 Å². The summed E-state index contributed by atoms with van der Waals surface area (Å²) in [6.45, 7) is 0. The zero-order chi connectivity index (χ0) is 12.3. The van der Waals surface area contributed by atoms with Gasteiger partial charge in [0.2, 0.25) is 0 Å². The normalized spacial score (nSPS) is 10.5. The Morgan fingerprint density at radius 2 is 2.29 bits per heavy atom. The molecule has 0 aliphatic carbocycles. The fraction of sp³-hybridized carbons (Fsp3) is 0.273. The van der Waals surface area contributed by atoms with Crippen molar-refractivity contribution in [3.8, 4) is 17.2 Å². The summed E-state index contributed by atoms with van der Waals surface area (Å²) in [5.74, 6) is 2.53. The molecule has 0 spiro atoms. The van der Waals surface area contributed by atoms with E-state index >= 15 is 0 Å². The van der Waals surface area contributed by atoms with E-state index in [1.54, 1.807) is 24.9 Å². The van der Waals surface area contributed by atoms with Crippen LogP contribution in [-0.2, 0) is 5.75 Å². The van der Waals surface area contributed by atoms with Crippen LogP contribution >= 0.6 is 11.8 Å². The van der Waals surface area contributed by atoms with Crippen LogP contribution in [0.1, 0.15) is 5.82 Å². The molecule has 1 aromatic heterocycles. The Labute approximate surface area is 103 Å². The molecule has 2 N–H and O–H groups in total. The van der Waals surface area contributed by atoms with Gasteiger partial charge < -0.3 is 15.0 Å². The van der Waals surface area contributed by atoms with E-state index in [4.69, 9.17) is 15.0 Å². The van der Waals surface area contributed by atoms with Gasteiger partial charge in [-0.15, -0.1) is 0 Å². The number of methoxy groups -OCH3 is 1. The Morgan fingerprint density at radius 3 is 2.94 bits per heavy atom. The molecule has 0 atom stereocenters. The SMILES string of the molecule is COc1ccc(-c2nc(CSC)no2)c(N)c1. The van der Waals surface area contributed by atoms with Crippen molar-refractivity contribution in [3.63, 3.8) is 0 Å². The third-order valence-corrected chi connectivity index (χ3v) is 2.78. The fourth-order valence-corrected chi connectivity index (χ4v) is 1.79. The Hall–Kier alpha value is -1.69. The smallest absolute Gasteiger partial charge is 0.260 e. The highest BCUT2D eigenvalue weighted by Crippen LogP contribution is 2.28. The number of nitrogen functional groups attached to an aromatic ring is 1. The van der Waals surface area contributed by atoms with E-state index in [-0.39, 0.29) is 0 Å². The Morgan fingerprint density at radius 1 is 1.47 bits per heavy atom. The van der Waals surface area contributed by atoms with E-state index in [1.165, 1.54) is 0 Å². The molecule has 0 aliphatic heterocycles. The molecule has 0 saturated heterocycles. The first-order valence-electron chi connectivity index (χ1n) is 5.00. The lowest BCUT2D eigenvalue weighted by Gasteiger charge is -2.03. The first kappa shape index (κ1) is 11.8. The highest BCUT2D eigenvalue weighted by atomic mass is 32.2. The lowest BCUT2D eigenvalue weighted by molar-refractivity contribution is 0.414. The van der Waals surface area contributed by atoms with Crippen LogP contribution in [0.25, 0.3) is 11.5 Å². The first-order chi connectivity index (χ1) is 8.24. The number of nitrogens with zero attached hydrogens (tertiary/aromatic N) is 2. The second-order valence-electron chi connectivity index (χ2n) is 3.40. The van der Waals surface area contributed by atoms with Crippen molar-refractivity contribution >= 4 is 17.4 Å². The van der Waals surface area contributed by atoms with Crippen molar-refractivity contribution in [2.75, 3.05) is 19.1 Å². The molecule has 0 aliphatic rings. The van der Waals surface area contributed by atoms with Crippen molar-refractivity contribution in [1.82, 2.24) is 10.1 Å². The van der Waals surface area contributed by atoms with Gasteiger partial charge in [0.05, 0.1) is 18.4 Å². The predicted molar refractivity (Wildman–Crippen MR) is 67.9 cm³/mol. The van der Waals surface area contributed by atoms with Crippen LogP contribution in [0.3, 0.4) is 0 Å². The molecule has 90 valence electrons. The lowest BCUT2D eigenvalue weighted by atomic mass is 10.1. The molecule has 0 bridgehead atoms. The van der Waals surface area contributed by atoms with E-state index in [9.17, 15) is 0 Å². The molecule has 2 rings (SSSR count). The molecule has 0 saturated carbocycles. The summed E-state index contributed by atoms with van der Waals surface area (Å²) in [5, 5.41) is 3.87. The molecule has 2 aromatic rings. The summed E-state index contributed by atoms with van der Waals surface area (Å²) in [7, 11) is 1.59. The summed E-state index contributed by atoms with van der Waals surface area (Å²) in [5.41, 5.74) is 7.19. The van der Waals surface area contributed by atoms with Crippen molar-refractivity contribution in [1.29, 1.82) is 0 Å². The molecule has 1 aromatic carbocycles. The van der Waals surface area contributed by atoms with Gasteiger partial charge in [0.15, 0.2) is 5.82 Å². The standard InChI is InChI=1S/C11H13N3O2S/c1-15-7-3-4-8(9(12)5-7)11-13-10(6-17-2)14-16-11/h3-5H,6,12H2,1-2H3. The van der Waals surface area contributed by atoms with Crippen molar-refractivity contribution in [2.24, 2.45) is 0 Å². The summed E-state index contributed by atoms with van der Waals surface area (Å²) in [6, 6.07) is 5.35. The van der Waals surface area contributed by atoms with Crippen LogP contribution in [0.4, 0.5) is 5.69 Å². The molecule has 0 fully saturated rings. The molecule has 5 nitrogen and oxygen atoms in total. The van der Waals surface area contributed by atoms with E-state index in [0.29, 0.717) is 23.2 Å². The van der Waals surface area contributed by atoms with E-state index in [0.717, 1.165) is 11.3 Å². The minimum atomic E-state index is 0.439. The second kappa shape index (κ2) is 5.09. The van der Waals surface area contributed by atoms with E-state index in [2.05, 4.69) is 10.1 Å². The average molecular weight is 251 g/mol. The largest absolute Gasteiger partial charge is 0.497 e. The number of thioether (sulfide) groups is 1. The predicted octanol–water partition coefficient (Wildman–Crippen LogP) is 2.19. The maximum absolute atomic E-state index is 5.90. The van der Waals surface area contributed by atoms with E-state index in [1.807, 2.05) is 18.4 Å². The number of nitrogens with two attached hydrogens (primary N) is 1. The van der Waals surface area contributed by atoms with Gasteiger partial charge in [0.1, 0.15) is 5.75 Å². The van der Waals surface area contributed by atoms with Gasteiger partial charge in [0, 0.05) is 11.8 Å². The monoisotopic (exact) mass is 251 g/mol. The third-order valence-electron chi connectivity index (χ3n) is 2.23. The molecular weight excluding hydrogens is 238 g/mol. The quantitative estimate of drug-likeness (QED) is 0.840. The van der Waals surface area contributed by atoms with E-state index < -0.39 is 0 Å². The zero-order valence-corrected chi connectivity index (χ0v) is 10.5. The van der Waals surface area contributed by atoms with Gasteiger partial charge in [-0.05, 0) is 18.4 Å². The topological polar surface area (TPSA) is 74.2 Å². The van der Waals surface area contributed by atoms with Crippen LogP contribution in [0.15, 0.2) is 22.7 Å². The maximum Gasteiger partial charge on any atom is 0.260 e. The zero-order valence-electron chi connectivity index (χ0n) is 9.64. The number of rotatable bonds is 4. The lowest BCUT2D eigenvalue weighted by Crippen LogP contribution is -1.92. The Bertz CT molecular complexity index is 513. The minimum Gasteiger partial charge on any atom is -0.497 e. The number of benzene rings is 1. The highest BCUT2D eigenvalue weighted by molar-refractivity contribution is 7.97. The second-order valence-corrected chi connectivity index (χ2v) is 4.27. The van der Waals surface area contributed by atoms with Crippen molar-refractivity contribution < 1.29 is 9.26 Å². The maximum atomic E-state index is 5.90. The number of aromatic nitrogens is 2.